The van der Waals surface area contributed by atoms with Crippen molar-refractivity contribution in [2.75, 3.05) is 25.6 Å². The molecular formula is C11H16FNO2. The molecule has 0 saturated heterocycles. The Morgan fingerprint density at radius 3 is 2.87 bits per heavy atom. The lowest BCUT2D eigenvalue weighted by Gasteiger charge is -2.11. The SMILES string of the molecule is COc1cc(NCC(C)CO)ccc1F. The molecule has 1 atom stereocenters. The van der Waals surface area contributed by atoms with Gasteiger partial charge in [-0.15, -0.1) is 0 Å². The van der Waals surface area contributed by atoms with Gasteiger partial charge in [-0.1, -0.05) is 6.92 Å². The Hall–Kier alpha value is -1.29. The molecule has 1 aromatic rings. The predicted octanol–water partition coefficient (Wildman–Crippen LogP) is 1.87. The van der Waals surface area contributed by atoms with Crippen molar-refractivity contribution in [3.8, 4) is 5.75 Å². The zero-order valence-electron chi connectivity index (χ0n) is 8.96. The van der Waals surface area contributed by atoms with Crippen LogP contribution in [0.15, 0.2) is 18.2 Å². The van der Waals surface area contributed by atoms with E-state index < -0.39 is 0 Å². The first kappa shape index (κ1) is 11.8. The van der Waals surface area contributed by atoms with Gasteiger partial charge in [-0.25, -0.2) is 4.39 Å². The highest BCUT2D eigenvalue weighted by Crippen LogP contribution is 2.21. The van der Waals surface area contributed by atoms with Crippen LogP contribution in [0.4, 0.5) is 10.1 Å². The summed E-state index contributed by atoms with van der Waals surface area (Å²) in [7, 11) is 1.43. The molecule has 2 N–H and O–H groups in total. The van der Waals surface area contributed by atoms with E-state index >= 15 is 0 Å². The summed E-state index contributed by atoms with van der Waals surface area (Å²) >= 11 is 0. The van der Waals surface area contributed by atoms with Crippen molar-refractivity contribution >= 4 is 5.69 Å². The Morgan fingerprint density at radius 2 is 2.27 bits per heavy atom. The Kier molecular flexibility index (Phi) is 4.37. The number of halogens is 1. The summed E-state index contributed by atoms with van der Waals surface area (Å²) in [5, 5.41) is 11.9. The van der Waals surface area contributed by atoms with Gasteiger partial charge in [0.1, 0.15) is 0 Å². The molecule has 4 heteroatoms. The van der Waals surface area contributed by atoms with E-state index in [2.05, 4.69) is 5.32 Å². The lowest BCUT2D eigenvalue weighted by atomic mass is 10.2. The Bertz CT molecular complexity index is 317. The summed E-state index contributed by atoms with van der Waals surface area (Å²) < 4.78 is 17.9. The van der Waals surface area contributed by atoms with Gasteiger partial charge in [0.15, 0.2) is 11.6 Å². The van der Waals surface area contributed by atoms with Crippen molar-refractivity contribution in [3.05, 3.63) is 24.0 Å². The maximum Gasteiger partial charge on any atom is 0.165 e. The van der Waals surface area contributed by atoms with E-state index in [9.17, 15) is 4.39 Å². The number of methoxy groups -OCH3 is 1. The molecule has 3 nitrogen and oxygen atoms in total. The Labute approximate surface area is 88.9 Å². The average molecular weight is 213 g/mol. The van der Waals surface area contributed by atoms with E-state index in [4.69, 9.17) is 9.84 Å². The standard InChI is InChI=1S/C11H16FNO2/c1-8(7-14)6-13-9-3-4-10(12)11(5-9)15-2/h3-5,8,13-14H,6-7H2,1-2H3. The van der Waals surface area contributed by atoms with Crippen molar-refractivity contribution < 1.29 is 14.2 Å². The fraction of sp³-hybridized carbons (Fsp3) is 0.455. The second-order valence-corrected chi connectivity index (χ2v) is 3.52. The molecule has 1 rings (SSSR count). The minimum absolute atomic E-state index is 0.130. The number of hydrogen-bond donors (Lipinski definition) is 2. The molecule has 1 aromatic carbocycles. The highest BCUT2D eigenvalue weighted by atomic mass is 19.1. The third kappa shape index (κ3) is 3.40. The largest absolute Gasteiger partial charge is 0.494 e. The quantitative estimate of drug-likeness (QED) is 0.784. The zero-order chi connectivity index (χ0) is 11.3. The van der Waals surface area contributed by atoms with E-state index in [0.29, 0.717) is 6.54 Å². The van der Waals surface area contributed by atoms with E-state index in [1.165, 1.54) is 13.2 Å². The zero-order valence-corrected chi connectivity index (χ0v) is 8.96. The van der Waals surface area contributed by atoms with Gasteiger partial charge in [0.25, 0.3) is 0 Å². The molecular weight excluding hydrogens is 197 g/mol. The molecule has 0 radical (unpaired) electrons. The maximum atomic E-state index is 13.0. The van der Waals surface area contributed by atoms with Crippen LogP contribution in [0.1, 0.15) is 6.92 Å². The molecule has 0 amide bonds. The number of ether oxygens (including phenoxy) is 1. The molecule has 0 spiro atoms. The smallest absolute Gasteiger partial charge is 0.165 e. The lowest BCUT2D eigenvalue weighted by Crippen LogP contribution is -2.14. The first-order valence-corrected chi connectivity index (χ1v) is 4.85. The van der Waals surface area contributed by atoms with Gasteiger partial charge >= 0.3 is 0 Å². The van der Waals surface area contributed by atoms with Crippen LogP contribution in [0.3, 0.4) is 0 Å². The first-order chi connectivity index (χ1) is 7.17. The fourth-order valence-corrected chi connectivity index (χ4v) is 1.13. The Morgan fingerprint density at radius 1 is 1.53 bits per heavy atom. The van der Waals surface area contributed by atoms with E-state index in [-0.39, 0.29) is 24.1 Å². The van der Waals surface area contributed by atoms with Crippen molar-refractivity contribution in [3.63, 3.8) is 0 Å². The molecule has 0 aliphatic carbocycles. The minimum atomic E-state index is -0.377. The number of rotatable bonds is 5. The van der Waals surface area contributed by atoms with Crippen LogP contribution in [0.5, 0.6) is 5.75 Å². The third-order valence-electron chi connectivity index (χ3n) is 2.12. The second kappa shape index (κ2) is 5.56. The number of aliphatic hydroxyl groups is 1. The first-order valence-electron chi connectivity index (χ1n) is 4.85. The van der Waals surface area contributed by atoms with Crippen LogP contribution in [0, 0.1) is 11.7 Å². The van der Waals surface area contributed by atoms with Gasteiger partial charge < -0.3 is 15.2 Å². The minimum Gasteiger partial charge on any atom is -0.494 e. The molecule has 0 fully saturated rings. The molecule has 0 saturated carbocycles. The third-order valence-corrected chi connectivity index (χ3v) is 2.12. The summed E-state index contributed by atoms with van der Waals surface area (Å²) in [6, 6.07) is 4.59. The second-order valence-electron chi connectivity index (χ2n) is 3.52. The number of hydrogen-bond acceptors (Lipinski definition) is 3. The lowest BCUT2D eigenvalue weighted by molar-refractivity contribution is 0.244. The van der Waals surface area contributed by atoms with Crippen LogP contribution < -0.4 is 10.1 Å². The monoisotopic (exact) mass is 213 g/mol. The van der Waals surface area contributed by atoms with Crippen LogP contribution >= 0.6 is 0 Å². The summed E-state index contributed by atoms with van der Waals surface area (Å²) in [5.41, 5.74) is 0.786. The van der Waals surface area contributed by atoms with Gasteiger partial charge in [0.05, 0.1) is 7.11 Å². The highest BCUT2D eigenvalue weighted by molar-refractivity contribution is 5.48. The van der Waals surface area contributed by atoms with Gasteiger partial charge in [-0.2, -0.15) is 0 Å². The number of nitrogens with one attached hydrogen (secondary N) is 1. The van der Waals surface area contributed by atoms with E-state index in [1.807, 2.05) is 6.92 Å². The Balaban J connectivity index is 2.62. The van der Waals surface area contributed by atoms with Crippen molar-refractivity contribution in [1.29, 1.82) is 0 Å². The molecule has 1 unspecified atom stereocenters. The topological polar surface area (TPSA) is 41.5 Å². The molecule has 0 aromatic heterocycles. The summed E-state index contributed by atoms with van der Waals surface area (Å²) in [6.07, 6.45) is 0. The van der Waals surface area contributed by atoms with E-state index in [1.54, 1.807) is 12.1 Å². The molecule has 0 aliphatic heterocycles. The molecule has 0 aliphatic rings. The van der Waals surface area contributed by atoms with Gasteiger partial charge in [-0.3, -0.25) is 0 Å². The van der Waals surface area contributed by atoms with Crippen molar-refractivity contribution in [1.82, 2.24) is 0 Å². The number of aliphatic hydroxyl groups excluding tert-OH is 1. The van der Waals surface area contributed by atoms with Crippen molar-refractivity contribution in [2.45, 2.75) is 6.92 Å². The van der Waals surface area contributed by atoms with Crippen LogP contribution in [0.25, 0.3) is 0 Å². The van der Waals surface area contributed by atoms with Crippen LogP contribution in [-0.2, 0) is 0 Å². The molecule has 15 heavy (non-hydrogen) atoms. The predicted molar refractivity (Wildman–Crippen MR) is 57.7 cm³/mol. The van der Waals surface area contributed by atoms with E-state index in [0.717, 1.165) is 5.69 Å². The molecule has 84 valence electrons. The molecule has 0 bridgehead atoms. The van der Waals surface area contributed by atoms with Crippen LogP contribution in [0.2, 0.25) is 0 Å². The highest BCUT2D eigenvalue weighted by Gasteiger charge is 2.04. The summed E-state index contributed by atoms with van der Waals surface area (Å²) in [5.74, 6) is 0.0101. The fourth-order valence-electron chi connectivity index (χ4n) is 1.13. The average Bonchev–Trinajstić information content (AvgIpc) is 2.27. The van der Waals surface area contributed by atoms with Crippen molar-refractivity contribution in [2.24, 2.45) is 5.92 Å². The van der Waals surface area contributed by atoms with Crippen LogP contribution in [-0.4, -0.2) is 25.4 Å². The van der Waals surface area contributed by atoms with Gasteiger partial charge in [0.2, 0.25) is 0 Å². The van der Waals surface area contributed by atoms with Gasteiger partial charge in [-0.05, 0) is 18.1 Å². The molecule has 0 heterocycles. The summed E-state index contributed by atoms with van der Waals surface area (Å²) in [4.78, 5) is 0. The maximum absolute atomic E-state index is 13.0. The van der Waals surface area contributed by atoms with Gasteiger partial charge in [0, 0.05) is 24.9 Å². The summed E-state index contributed by atoms with van der Waals surface area (Å²) in [6.45, 7) is 2.70. The number of anilines is 1. The normalized spacial score (nSPS) is 12.3. The number of benzene rings is 1.